The van der Waals surface area contributed by atoms with Gasteiger partial charge >= 0.3 is 6.18 Å². The van der Waals surface area contributed by atoms with Crippen LogP contribution in [0.1, 0.15) is 12.8 Å². The summed E-state index contributed by atoms with van der Waals surface area (Å²) in [5, 5.41) is 0. The van der Waals surface area contributed by atoms with Crippen molar-refractivity contribution in [3.05, 3.63) is 0 Å². The van der Waals surface area contributed by atoms with Gasteiger partial charge in [0.15, 0.2) is 0 Å². The lowest BCUT2D eigenvalue weighted by Crippen LogP contribution is -2.55. The summed E-state index contributed by atoms with van der Waals surface area (Å²) in [4.78, 5) is 7.71. The third kappa shape index (κ3) is 4.02. The Kier molecular flexibility index (Phi) is 3.96. The van der Waals surface area contributed by atoms with Crippen LogP contribution in [0.4, 0.5) is 13.2 Å². The second-order valence-corrected chi connectivity index (χ2v) is 4.71. The number of nitrogens with one attached hydrogen (secondary N) is 1. The summed E-state index contributed by atoms with van der Waals surface area (Å²) in [7, 11) is 0. The third-order valence-corrected chi connectivity index (χ3v) is 3.06. The third-order valence-electron chi connectivity index (χ3n) is 3.06. The molecule has 3 N–H and O–H groups in total. The predicted octanol–water partition coefficient (Wildman–Crippen LogP) is 0.148. The van der Waals surface area contributed by atoms with E-state index in [2.05, 4.69) is 10.4 Å². The summed E-state index contributed by atoms with van der Waals surface area (Å²) >= 11 is 0. The molecule has 5 nitrogen and oxygen atoms in total. The van der Waals surface area contributed by atoms with Gasteiger partial charge < -0.3 is 4.90 Å². The maximum Gasteiger partial charge on any atom is 0.401 e. The van der Waals surface area contributed by atoms with E-state index in [9.17, 15) is 13.2 Å². The Morgan fingerprint density at radius 1 is 1.22 bits per heavy atom. The number of hydrogen-bond acceptors (Lipinski definition) is 3. The first-order valence-corrected chi connectivity index (χ1v) is 6.06. The first kappa shape index (κ1) is 13.4. The average Bonchev–Trinajstić information content (AvgIpc) is 3.09. The molecule has 0 spiro atoms. The molecule has 0 aromatic carbocycles. The fourth-order valence-corrected chi connectivity index (χ4v) is 1.96. The Morgan fingerprint density at radius 3 is 2.28 bits per heavy atom. The average molecular weight is 265 g/mol. The van der Waals surface area contributed by atoms with Crippen LogP contribution in [0, 0.1) is 0 Å². The zero-order chi connectivity index (χ0) is 13.2. The van der Waals surface area contributed by atoms with Crippen LogP contribution in [-0.4, -0.2) is 60.7 Å². The molecule has 1 aliphatic carbocycles. The largest absolute Gasteiger partial charge is 0.401 e. The van der Waals surface area contributed by atoms with E-state index in [0.29, 0.717) is 38.2 Å². The number of halogens is 3. The van der Waals surface area contributed by atoms with Gasteiger partial charge in [0.1, 0.15) is 0 Å². The van der Waals surface area contributed by atoms with Crippen LogP contribution in [0.2, 0.25) is 0 Å². The number of rotatable bonds is 2. The van der Waals surface area contributed by atoms with Gasteiger partial charge in [-0.25, -0.2) is 10.8 Å². The molecule has 18 heavy (non-hydrogen) atoms. The second-order valence-electron chi connectivity index (χ2n) is 4.71. The molecule has 0 bridgehead atoms. The standard InChI is InChI=1S/C10H18F3N5/c11-10(12,13)7-17-3-5-18(6-4-17)9(16-14)15-8-1-2-8/h8H,1-7,14H2,(H,15,16). The van der Waals surface area contributed by atoms with Crippen molar-refractivity contribution in [1.82, 2.24) is 15.2 Å². The van der Waals surface area contributed by atoms with E-state index in [4.69, 9.17) is 5.84 Å². The molecule has 2 fully saturated rings. The first-order chi connectivity index (χ1) is 8.48. The summed E-state index contributed by atoms with van der Waals surface area (Å²) in [5.41, 5.74) is 2.54. The van der Waals surface area contributed by atoms with Crippen LogP contribution in [0.5, 0.6) is 0 Å². The van der Waals surface area contributed by atoms with Gasteiger partial charge in [-0.1, -0.05) is 0 Å². The number of aliphatic imine (C=N–C) groups is 1. The van der Waals surface area contributed by atoms with Crippen molar-refractivity contribution in [2.75, 3.05) is 32.7 Å². The summed E-state index contributed by atoms with van der Waals surface area (Å²) < 4.78 is 36.7. The van der Waals surface area contributed by atoms with Crippen molar-refractivity contribution in [3.8, 4) is 0 Å². The number of hydrazine groups is 1. The highest BCUT2D eigenvalue weighted by Gasteiger charge is 2.32. The van der Waals surface area contributed by atoms with Gasteiger partial charge in [-0.2, -0.15) is 13.2 Å². The van der Waals surface area contributed by atoms with Gasteiger partial charge in [0.05, 0.1) is 12.6 Å². The molecule has 0 aromatic rings. The lowest BCUT2D eigenvalue weighted by Gasteiger charge is -2.36. The lowest BCUT2D eigenvalue weighted by molar-refractivity contribution is -0.148. The van der Waals surface area contributed by atoms with Gasteiger partial charge in [0.25, 0.3) is 0 Å². The Bertz CT molecular complexity index is 305. The Hall–Kier alpha value is -1.02. The smallest absolute Gasteiger partial charge is 0.339 e. The Labute approximate surface area is 104 Å². The highest BCUT2D eigenvalue weighted by atomic mass is 19.4. The minimum atomic E-state index is -4.13. The molecule has 1 heterocycles. The van der Waals surface area contributed by atoms with Crippen LogP contribution >= 0.6 is 0 Å². The minimum absolute atomic E-state index is 0.337. The zero-order valence-corrected chi connectivity index (χ0v) is 10.1. The van der Waals surface area contributed by atoms with Crippen LogP contribution in [0.25, 0.3) is 0 Å². The second kappa shape index (κ2) is 5.31. The highest BCUT2D eigenvalue weighted by Crippen LogP contribution is 2.24. The van der Waals surface area contributed by atoms with Crippen molar-refractivity contribution >= 4 is 5.96 Å². The first-order valence-electron chi connectivity index (χ1n) is 6.06. The maximum atomic E-state index is 12.2. The molecule has 0 aromatic heterocycles. The number of alkyl halides is 3. The van der Waals surface area contributed by atoms with E-state index in [1.807, 2.05) is 4.90 Å². The molecule has 104 valence electrons. The van der Waals surface area contributed by atoms with E-state index in [-0.39, 0.29) is 0 Å². The number of nitrogens with zero attached hydrogens (tertiary/aromatic N) is 3. The van der Waals surface area contributed by atoms with Crippen LogP contribution in [-0.2, 0) is 0 Å². The molecule has 8 heteroatoms. The van der Waals surface area contributed by atoms with Crippen molar-refractivity contribution in [2.45, 2.75) is 25.1 Å². The quantitative estimate of drug-likeness (QED) is 0.323. The van der Waals surface area contributed by atoms with Crippen LogP contribution < -0.4 is 11.3 Å². The summed E-state index contributed by atoms with van der Waals surface area (Å²) in [6, 6.07) is 0.337. The molecule has 0 amide bonds. The Morgan fingerprint density at radius 2 is 1.83 bits per heavy atom. The van der Waals surface area contributed by atoms with Crippen molar-refractivity contribution in [2.24, 2.45) is 10.8 Å². The van der Waals surface area contributed by atoms with Gasteiger partial charge in [0.2, 0.25) is 5.96 Å². The van der Waals surface area contributed by atoms with E-state index in [1.165, 1.54) is 4.90 Å². The molecule has 0 radical (unpaired) electrons. The predicted molar refractivity (Wildman–Crippen MR) is 61.8 cm³/mol. The number of nitrogens with two attached hydrogens (primary N) is 1. The van der Waals surface area contributed by atoms with Gasteiger partial charge in [-0.15, -0.1) is 0 Å². The molecule has 2 aliphatic rings. The topological polar surface area (TPSA) is 56.9 Å². The van der Waals surface area contributed by atoms with Crippen LogP contribution in [0.3, 0.4) is 0 Å². The van der Waals surface area contributed by atoms with E-state index >= 15 is 0 Å². The highest BCUT2D eigenvalue weighted by molar-refractivity contribution is 5.79. The molecular formula is C10H18F3N5. The number of guanidine groups is 1. The van der Waals surface area contributed by atoms with E-state index in [0.717, 1.165) is 12.8 Å². The van der Waals surface area contributed by atoms with Crippen molar-refractivity contribution < 1.29 is 13.2 Å². The SMILES string of the molecule is NNC(=NC1CC1)N1CCN(CC(F)(F)F)CC1. The van der Waals surface area contributed by atoms with Crippen molar-refractivity contribution in [3.63, 3.8) is 0 Å². The number of hydrogen-bond donors (Lipinski definition) is 2. The summed E-state index contributed by atoms with van der Waals surface area (Å²) in [6.07, 6.45) is -1.99. The monoisotopic (exact) mass is 265 g/mol. The fourth-order valence-electron chi connectivity index (χ4n) is 1.96. The molecule has 2 rings (SSSR count). The molecule has 0 unspecified atom stereocenters. The molecule has 1 aliphatic heterocycles. The van der Waals surface area contributed by atoms with Crippen molar-refractivity contribution in [1.29, 1.82) is 0 Å². The summed E-state index contributed by atoms with van der Waals surface area (Å²) in [5.74, 6) is 6.00. The number of piperazine rings is 1. The minimum Gasteiger partial charge on any atom is -0.339 e. The van der Waals surface area contributed by atoms with Crippen LogP contribution in [0.15, 0.2) is 4.99 Å². The maximum absolute atomic E-state index is 12.2. The normalized spacial score (nSPS) is 23.3. The van der Waals surface area contributed by atoms with E-state index < -0.39 is 12.7 Å². The lowest BCUT2D eigenvalue weighted by atomic mass is 10.3. The van der Waals surface area contributed by atoms with Gasteiger partial charge in [-0.3, -0.25) is 10.3 Å². The molecule has 0 atom stereocenters. The van der Waals surface area contributed by atoms with E-state index in [1.54, 1.807) is 0 Å². The van der Waals surface area contributed by atoms with Gasteiger partial charge in [0, 0.05) is 26.2 Å². The van der Waals surface area contributed by atoms with Gasteiger partial charge in [-0.05, 0) is 12.8 Å². The zero-order valence-electron chi connectivity index (χ0n) is 10.1. The molecule has 1 saturated heterocycles. The summed E-state index contributed by atoms with van der Waals surface area (Å²) in [6.45, 7) is 0.958. The molecule has 1 saturated carbocycles. The Balaban J connectivity index is 1.82. The fraction of sp³-hybridized carbons (Fsp3) is 0.900. The molecular weight excluding hydrogens is 247 g/mol.